The number of amides is 2. The van der Waals surface area contributed by atoms with Gasteiger partial charge in [0.05, 0.1) is 11.6 Å². The standard InChI is InChI=1S/C20H16FN3O2S/c21-15-6-8-16(9-7-15)24-11-14(10-18(24)25)19(26)23-20-22-17(12-27-20)13-4-2-1-3-5-13/h1-9,12,14H,10-11H2,(H,22,23,26). The summed E-state index contributed by atoms with van der Waals surface area (Å²) in [6, 6.07) is 15.4. The lowest BCUT2D eigenvalue weighted by atomic mass is 10.1. The third kappa shape index (κ3) is 3.73. The van der Waals surface area contributed by atoms with E-state index < -0.39 is 5.92 Å². The molecule has 3 aromatic rings. The number of nitrogens with one attached hydrogen (secondary N) is 1. The van der Waals surface area contributed by atoms with Gasteiger partial charge < -0.3 is 10.2 Å². The van der Waals surface area contributed by atoms with Crippen molar-refractivity contribution in [3.63, 3.8) is 0 Å². The Hall–Kier alpha value is -3.06. The van der Waals surface area contributed by atoms with Crippen molar-refractivity contribution in [3.8, 4) is 11.3 Å². The Morgan fingerprint density at radius 1 is 1.15 bits per heavy atom. The van der Waals surface area contributed by atoms with Gasteiger partial charge in [0, 0.05) is 29.6 Å². The molecule has 4 rings (SSSR count). The van der Waals surface area contributed by atoms with Crippen LogP contribution in [0.15, 0.2) is 60.0 Å². The monoisotopic (exact) mass is 381 g/mol. The van der Waals surface area contributed by atoms with Crippen molar-refractivity contribution in [1.29, 1.82) is 0 Å². The molecule has 0 bridgehead atoms. The highest BCUT2D eigenvalue weighted by Crippen LogP contribution is 2.28. The summed E-state index contributed by atoms with van der Waals surface area (Å²) in [5, 5.41) is 5.20. The highest BCUT2D eigenvalue weighted by atomic mass is 32.1. The van der Waals surface area contributed by atoms with E-state index in [1.807, 2.05) is 35.7 Å². The number of aromatic nitrogens is 1. The molecule has 136 valence electrons. The Labute approximate surface area is 159 Å². The zero-order chi connectivity index (χ0) is 18.8. The first-order valence-electron chi connectivity index (χ1n) is 8.48. The number of halogens is 1. The third-order valence-electron chi connectivity index (χ3n) is 4.44. The molecule has 2 amide bonds. The number of hydrogen-bond acceptors (Lipinski definition) is 4. The van der Waals surface area contributed by atoms with Gasteiger partial charge in [0.1, 0.15) is 5.82 Å². The van der Waals surface area contributed by atoms with E-state index in [0.717, 1.165) is 11.3 Å². The SMILES string of the molecule is O=C(Nc1nc(-c2ccccc2)cs1)C1CC(=O)N(c2ccc(F)cc2)C1. The Bertz CT molecular complexity index is 972. The minimum atomic E-state index is -0.466. The minimum Gasteiger partial charge on any atom is -0.312 e. The van der Waals surface area contributed by atoms with Gasteiger partial charge in [-0.2, -0.15) is 0 Å². The minimum absolute atomic E-state index is 0.125. The van der Waals surface area contributed by atoms with Crippen molar-refractivity contribution < 1.29 is 14.0 Å². The zero-order valence-corrected chi connectivity index (χ0v) is 15.1. The van der Waals surface area contributed by atoms with Crippen LogP contribution >= 0.6 is 11.3 Å². The smallest absolute Gasteiger partial charge is 0.231 e. The molecule has 27 heavy (non-hydrogen) atoms. The van der Waals surface area contributed by atoms with Gasteiger partial charge in [0.2, 0.25) is 11.8 Å². The van der Waals surface area contributed by atoms with Crippen molar-refractivity contribution in [2.24, 2.45) is 5.92 Å². The van der Waals surface area contributed by atoms with Crippen LogP contribution in [0.1, 0.15) is 6.42 Å². The van der Waals surface area contributed by atoms with E-state index >= 15 is 0 Å². The third-order valence-corrected chi connectivity index (χ3v) is 5.20. The number of carbonyl (C=O) groups is 2. The first-order valence-corrected chi connectivity index (χ1v) is 9.36. The van der Waals surface area contributed by atoms with Gasteiger partial charge in [-0.05, 0) is 24.3 Å². The fraction of sp³-hybridized carbons (Fsp3) is 0.150. The Morgan fingerprint density at radius 3 is 2.63 bits per heavy atom. The number of thiazole rings is 1. The maximum Gasteiger partial charge on any atom is 0.231 e. The normalized spacial score (nSPS) is 16.6. The lowest BCUT2D eigenvalue weighted by Gasteiger charge is -2.16. The number of rotatable bonds is 4. The molecule has 0 spiro atoms. The van der Waals surface area contributed by atoms with Crippen LogP contribution in [0.25, 0.3) is 11.3 Å². The molecule has 7 heteroatoms. The van der Waals surface area contributed by atoms with E-state index in [1.165, 1.54) is 28.4 Å². The summed E-state index contributed by atoms with van der Waals surface area (Å²) in [4.78, 5) is 30.8. The average Bonchev–Trinajstić information content (AvgIpc) is 3.30. The molecule has 1 unspecified atom stereocenters. The molecule has 1 saturated heterocycles. The van der Waals surface area contributed by atoms with E-state index in [4.69, 9.17) is 0 Å². The van der Waals surface area contributed by atoms with Gasteiger partial charge in [-0.25, -0.2) is 9.37 Å². The predicted octanol–water partition coefficient (Wildman–Crippen LogP) is 3.94. The number of nitrogens with zero attached hydrogens (tertiary/aromatic N) is 2. The molecule has 2 heterocycles. The lowest BCUT2D eigenvalue weighted by Crippen LogP contribution is -2.28. The second kappa shape index (κ2) is 7.28. The summed E-state index contributed by atoms with van der Waals surface area (Å²) in [6.07, 6.45) is 0.125. The molecule has 1 N–H and O–H groups in total. The molecular weight excluding hydrogens is 365 g/mol. The largest absolute Gasteiger partial charge is 0.312 e. The van der Waals surface area contributed by atoms with Gasteiger partial charge in [-0.3, -0.25) is 9.59 Å². The van der Waals surface area contributed by atoms with E-state index in [1.54, 1.807) is 12.1 Å². The van der Waals surface area contributed by atoms with E-state index in [9.17, 15) is 14.0 Å². The van der Waals surface area contributed by atoms with Crippen LogP contribution in [-0.4, -0.2) is 23.3 Å². The highest BCUT2D eigenvalue weighted by molar-refractivity contribution is 7.14. The molecular formula is C20H16FN3O2S. The van der Waals surface area contributed by atoms with Crippen LogP contribution in [0.5, 0.6) is 0 Å². The number of carbonyl (C=O) groups excluding carboxylic acids is 2. The topological polar surface area (TPSA) is 62.3 Å². The van der Waals surface area contributed by atoms with Gasteiger partial charge in [0.25, 0.3) is 0 Å². The Morgan fingerprint density at radius 2 is 1.89 bits per heavy atom. The molecule has 5 nitrogen and oxygen atoms in total. The fourth-order valence-corrected chi connectivity index (χ4v) is 3.76. The van der Waals surface area contributed by atoms with Crippen LogP contribution in [-0.2, 0) is 9.59 Å². The van der Waals surface area contributed by atoms with Crippen LogP contribution in [0.3, 0.4) is 0 Å². The molecule has 0 saturated carbocycles. The quantitative estimate of drug-likeness (QED) is 0.745. The van der Waals surface area contributed by atoms with Crippen molar-refractivity contribution >= 4 is 34.0 Å². The molecule has 1 fully saturated rings. The first kappa shape index (κ1) is 17.4. The van der Waals surface area contributed by atoms with E-state index in [0.29, 0.717) is 10.8 Å². The molecule has 1 aliphatic heterocycles. The molecule has 1 aromatic heterocycles. The fourth-order valence-electron chi connectivity index (χ4n) is 3.03. The second-order valence-corrected chi connectivity index (χ2v) is 7.13. The summed E-state index contributed by atoms with van der Waals surface area (Å²) < 4.78 is 13.1. The van der Waals surface area contributed by atoms with Gasteiger partial charge in [-0.15, -0.1) is 11.3 Å². The van der Waals surface area contributed by atoms with Crippen molar-refractivity contribution in [1.82, 2.24) is 4.98 Å². The zero-order valence-electron chi connectivity index (χ0n) is 14.3. The summed E-state index contributed by atoms with van der Waals surface area (Å²) in [6.45, 7) is 0.271. The van der Waals surface area contributed by atoms with E-state index in [-0.39, 0.29) is 30.6 Å². The van der Waals surface area contributed by atoms with Gasteiger partial charge in [0.15, 0.2) is 5.13 Å². The molecule has 0 aliphatic carbocycles. The number of anilines is 2. The summed E-state index contributed by atoms with van der Waals surface area (Å²) in [5.74, 6) is -1.21. The Balaban J connectivity index is 1.43. The number of hydrogen-bond donors (Lipinski definition) is 1. The molecule has 0 radical (unpaired) electrons. The van der Waals surface area contributed by atoms with Crippen LogP contribution in [0.4, 0.5) is 15.2 Å². The summed E-state index contributed by atoms with van der Waals surface area (Å²) >= 11 is 1.35. The van der Waals surface area contributed by atoms with Gasteiger partial charge >= 0.3 is 0 Å². The van der Waals surface area contributed by atoms with Crippen molar-refractivity contribution in [2.45, 2.75) is 6.42 Å². The van der Waals surface area contributed by atoms with Gasteiger partial charge in [-0.1, -0.05) is 30.3 Å². The summed E-state index contributed by atoms with van der Waals surface area (Å²) in [5.41, 5.74) is 2.37. The average molecular weight is 381 g/mol. The second-order valence-electron chi connectivity index (χ2n) is 6.27. The molecule has 1 atom stereocenters. The van der Waals surface area contributed by atoms with Crippen LogP contribution in [0.2, 0.25) is 0 Å². The van der Waals surface area contributed by atoms with Crippen LogP contribution in [0, 0.1) is 11.7 Å². The Kier molecular flexibility index (Phi) is 4.68. The molecule has 1 aliphatic rings. The molecule has 2 aromatic carbocycles. The van der Waals surface area contributed by atoms with Crippen molar-refractivity contribution in [3.05, 3.63) is 65.8 Å². The predicted molar refractivity (Wildman–Crippen MR) is 103 cm³/mol. The maximum atomic E-state index is 13.1. The van der Waals surface area contributed by atoms with E-state index in [2.05, 4.69) is 10.3 Å². The maximum absolute atomic E-state index is 13.1. The highest BCUT2D eigenvalue weighted by Gasteiger charge is 2.35. The van der Waals surface area contributed by atoms with Crippen molar-refractivity contribution in [2.75, 3.05) is 16.8 Å². The summed E-state index contributed by atoms with van der Waals surface area (Å²) in [7, 11) is 0. The first-order chi connectivity index (χ1) is 13.1. The van der Waals surface area contributed by atoms with Crippen LogP contribution < -0.4 is 10.2 Å². The lowest BCUT2D eigenvalue weighted by molar-refractivity contribution is -0.122. The number of benzene rings is 2.